The van der Waals surface area contributed by atoms with E-state index >= 15 is 0 Å². The zero-order valence-corrected chi connectivity index (χ0v) is 14.9. The molecule has 4 nitrogen and oxygen atoms in total. The molecule has 1 aromatic heterocycles. The molecule has 5 heteroatoms. The van der Waals surface area contributed by atoms with E-state index in [-0.39, 0.29) is 0 Å². The van der Waals surface area contributed by atoms with Gasteiger partial charge in [-0.25, -0.2) is 9.97 Å². The number of aromatic nitrogens is 2. The Labute approximate surface area is 161 Å². The number of hydrogen-bond acceptors (Lipinski definition) is 4. The van der Waals surface area contributed by atoms with Crippen molar-refractivity contribution in [2.75, 3.05) is 5.32 Å². The lowest BCUT2D eigenvalue weighted by Gasteiger charge is -2.11. The van der Waals surface area contributed by atoms with Gasteiger partial charge in [0.2, 0.25) is 0 Å². The highest BCUT2D eigenvalue weighted by molar-refractivity contribution is 6.30. The summed E-state index contributed by atoms with van der Waals surface area (Å²) in [5.74, 6) is 4.69. The number of rotatable bonds is 4. The molecular weight excluding hydrogens is 358 g/mol. The third-order valence-corrected chi connectivity index (χ3v) is 4.20. The summed E-state index contributed by atoms with van der Waals surface area (Å²) in [6, 6.07) is 20.5. The standard InChI is InChI=1S/C22H14ClN3O/c1-2-15-4-3-5-17(12-15)26-22-20-13-19(10-11-21(20)24-14-25-22)27-18-8-6-16(23)7-9-18/h1,3-14H,(H,24,25,26). The molecule has 0 aliphatic carbocycles. The van der Waals surface area contributed by atoms with Gasteiger partial charge in [0.15, 0.2) is 0 Å². The van der Waals surface area contributed by atoms with Gasteiger partial charge < -0.3 is 10.1 Å². The van der Waals surface area contributed by atoms with Crippen LogP contribution >= 0.6 is 11.6 Å². The van der Waals surface area contributed by atoms with E-state index in [2.05, 4.69) is 21.2 Å². The van der Waals surface area contributed by atoms with Crippen LogP contribution in [0.15, 0.2) is 73.1 Å². The number of hydrogen-bond donors (Lipinski definition) is 1. The lowest BCUT2D eigenvalue weighted by atomic mass is 10.2. The fraction of sp³-hybridized carbons (Fsp3) is 0. The Morgan fingerprint density at radius 3 is 2.56 bits per heavy atom. The van der Waals surface area contributed by atoms with Gasteiger partial charge in [-0.2, -0.15) is 0 Å². The minimum absolute atomic E-state index is 0.662. The summed E-state index contributed by atoms with van der Waals surface area (Å²) in [6.07, 6.45) is 7.00. The van der Waals surface area contributed by atoms with E-state index in [1.807, 2.05) is 54.6 Å². The summed E-state index contributed by atoms with van der Waals surface area (Å²) in [5.41, 5.74) is 2.46. The van der Waals surface area contributed by atoms with E-state index < -0.39 is 0 Å². The van der Waals surface area contributed by atoms with Crippen molar-refractivity contribution in [3.8, 4) is 23.8 Å². The van der Waals surface area contributed by atoms with Gasteiger partial charge in [-0.15, -0.1) is 6.42 Å². The van der Waals surface area contributed by atoms with E-state index in [0.29, 0.717) is 22.3 Å². The molecule has 0 saturated carbocycles. The Kier molecular flexibility index (Phi) is 4.61. The van der Waals surface area contributed by atoms with Crippen molar-refractivity contribution in [1.82, 2.24) is 9.97 Å². The van der Waals surface area contributed by atoms with Crippen LogP contribution in [0.25, 0.3) is 10.9 Å². The van der Waals surface area contributed by atoms with E-state index in [9.17, 15) is 0 Å². The second-order valence-corrected chi connectivity index (χ2v) is 6.24. The summed E-state index contributed by atoms with van der Waals surface area (Å²) in [5, 5.41) is 4.81. The average molecular weight is 372 g/mol. The number of terminal acetylenes is 1. The van der Waals surface area contributed by atoms with Crippen LogP contribution in [0.4, 0.5) is 11.5 Å². The van der Waals surface area contributed by atoms with Crippen molar-refractivity contribution in [3.63, 3.8) is 0 Å². The Balaban J connectivity index is 1.68. The van der Waals surface area contributed by atoms with Crippen LogP contribution in [0.1, 0.15) is 5.56 Å². The number of ether oxygens (including phenoxy) is 1. The quantitative estimate of drug-likeness (QED) is 0.460. The molecule has 0 aliphatic rings. The number of anilines is 2. The van der Waals surface area contributed by atoms with E-state index in [1.54, 1.807) is 12.1 Å². The van der Waals surface area contributed by atoms with Crippen LogP contribution in [0.3, 0.4) is 0 Å². The second kappa shape index (κ2) is 7.36. The molecule has 1 N–H and O–H groups in total. The maximum absolute atomic E-state index is 5.92. The molecule has 0 fully saturated rings. The maximum atomic E-state index is 5.92. The second-order valence-electron chi connectivity index (χ2n) is 5.81. The smallest absolute Gasteiger partial charge is 0.141 e. The molecule has 4 rings (SSSR count). The van der Waals surface area contributed by atoms with Crippen molar-refractivity contribution in [3.05, 3.63) is 83.6 Å². The Morgan fingerprint density at radius 2 is 1.74 bits per heavy atom. The average Bonchev–Trinajstić information content (AvgIpc) is 2.70. The van der Waals surface area contributed by atoms with E-state index in [1.165, 1.54) is 6.33 Å². The highest BCUT2D eigenvalue weighted by Gasteiger charge is 2.07. The summed E-state index contributed by atoms with van der Waals surface area (Å²) in [4.78, 5) is 8.69. The zero-order valence-electron chi connectivity index (χ0n) is 14.2. The number of benzene rings is 3. The molecule has 0 atom stereocenters. The van der Waals surface area contributed by atoms with E-state index in [4.69, 9.17) is 22.8 Å². The Bertz CT molecular complexity index is 1150. The van der Waals surface area contributed by atoms with Crippen LogP contribution in [-0.2, 0) is 0 Å². The topological polar surface area (TPSA) is 47.0 Å². The molecule has 130 valence electrons. The van der Waals surface area contributed by atoms with Crippen LogP contribution in [0, 0.1) is 12.3 Å². The maximum Gasteiger partial charge on any atom is 0.141 e. The van der Waals surface area contributed by atoms with Gasteiger partial charge in [0.1, 0.15) is 23.6 Å². The number of nitrogens with zero attached hydrogens (tertiary/aromatic N) is 2. The molecule has 27 heavy (non-hydrogen) atoms. The van der Waals surface area contributed by atoms with Gasteiger partial charge in [0.05, 0.1) is 5.52 Å². The lowest BCUT2D eigenvalue weighted by molar-refractivity contribution is 0.483. The third-order valence-electron chi connectivity index (χ3n) is 3.95. The van der Waals surface area contributed by atoms with Crippen molar-refractivity contribution in [1.29, 1.82) is 0 Å². The minimum atomic E-state index is 0.662. The molecular formula is C22H14ClN3O. The van der Waals surface area contributed by atoms with Crippen LogP contribution in [0.5, 0.6) is 11.5 Å². The van der Waals surface area contributed by atoms with Crippen molar-refractivity contribution in [2.45, 2.75) is 0 Å². The molecule has 1 heterocycles. The predicted molar refractivity (Wildman–Crippen MR) is 109 cm³/mol. The molecule has 0 saturated heterocycles. The largest absolute Gasteiger partial charge is 0.457 e. The first-order valence-electron chi connectivity index (χ1n) is 8.23. The molecule has 0 amide bonds. The van der Waals surface area contributed by atoms with Gasteiger partial charge in [-0.1, -0.05) is 23.6 Å². The molecule has 0 radical (unpaired) electrons. The zero-order chi connectivity index (χ0) is 18.6. The van der Waals surface area contributed by atoms with Gasteiger partial charge in [-0.05, 0) is 60.7 Å². The Morgan fingerprint density at radius 1 is 0.926 bits per heavy atom. The SMILES string of the molecule is C#Cc1cccc(Nc2ncnc3ccc(Oc4ccc(Cl)cc4)cc23)c1. The van der Waals surface area contributed by atoms with Gasteiger partial charge in [0, 0.05) is 21.7 Å². The number of halogens is 1. The third kappa shape index (κ3) is 3.84. The highest BCUT2D eigenvalue weighted by atomic mass is 35.5. The van der Waals surface area contributed by atoms with E-state index in [0.717, 1.165) is 22.2 Å². The normalized spacial score (nSPS) is 10.4. The van der Waals surface area contributed by atoms with Crippen LogP contribution in [0.2, 0.25) is 5.02 Å². The van der Waals surface area contributed by atoms with Gasteiger partial charge in [-0.3, -0.25) is 0 Å². The lowest BCUT2D eigenvalue weighted by Crippen LogP contribution is -1.96. The fourth-order valence-corrected chi connectivity index (χ4v) is 2.79. The minimum Gasteiger partial charge on any atom is -0.457 e. The molecule has 0 unspecified atom stereocenters. The first-order valence-corrected chi connectivity index (χ1v) is 8.61. The van der Waals surface area contributed by atoms with Crippen molar-refractivity contribution < 1.29 is 4.74 Å². The van der Waals surface area contributed by atoms with Crippen molar-refractivity contribution >= 4 is 34.0 Å². The summed E-state index contributed by atoms with van der Waals surface area (Å²) in [7, 11) is 0. The molecule has 0 spiro atoms. The summed E-state index contributed by atoms with van der Waals surface area (Å²) in [6.45, 7) is 0. The van der Waals surface area contributed by atoms with Crippen LogP contribution < -0.4 is 10.1 Å². The fourth-order valence-electron chi connectivity index (χ4n) is 2.66. The molecule has 0 bridgehead atoms. The predicted octanol–water partition coefficient (Wildman–Crippen LogP) is 5.80. The monoisotopic (exact) mass is 371 g/mol. The summed E-state index contributed by atoms with van der Waals surface area (Å²) >= 11 is 5.92. The molecule has 0 aliphatic heterocycles. The molecule has 3 aromatic carbocycles. The first kappa shape index (κ1) is 16.9. The van der Waals surface area contributed by atoms with Gasteiger partial charge >= 0.3 is 0 Å². The van der Waals surface area contributed by atoms with Gasteiger partial charge in [0.25, 0.3) is 0 Å². The number of fused-ring (bicyclic) bond motifs is 1. The molecule has 4 aromatic rings. The van der Waals surface area contributed by atoms with Crippen LogP contribution in [-0.4, -0.2) is 9.97 Å². The summed E-state index contributed by atoms with van der Waals surface area (Å²) < 4.78 is 5.91. The highest BCUT2D eigenvalue weighted by Crippen LogP contribution is 2.30. The number of nitrogens with one attached hydrogen (secondary N) is 1. The Hall–Kier alpha value is -3.55. The van der Waals surface area contributed by atoms with Crippen molar-refractivity contribution in [2.24, 2.45) is 0 Å². The first-order chi connectivity index (χ1) is 13.2.